The molecule has 0 N–H and O–H groups in total. The summed E-state index contributed by atoms with van der Waals surface area (Å²) in [6.45, 7) is 0. The first-order chi connectivity index (χ1) is 11.1. The van der Waals surface area contributed by atoms with Crippen molar-refractivity contribution in [3.63, 3.8) is 0 Å². The Bertz CT molecular complexity index is 647. The lowest BCUT2D eigenvalue weighted by molar-refractivity contribution is -0.149. The zero-order valence-electron chi connectivity index (χ0n) is 13.0. The molecule has 5 nitrogen and oxygen atoms in total. The van der Waals surface area contributed by atoms with Crippen molar-refractivity contribution in [3.05, 3.63) is 52.5 Å². The first-order valence-corrected chi connectivity index (χ1v) is 7.59. The molecule has 0 amide bonds. The van der Waals surface area contributed by atoms with Crippen LogP contribution in [0.5, 0.6) is 17.2 Å². The molecule has 0 aliphatic carbocycles. The highest BCUT2D eigenvalue weighted by atomic mass is 79.9. The molecule has 6 heteroatoms. The molecule has 122 valence electrons. The van der Waals surface area contributed by atoms with Crippen molar-refractivity contribution in [3.8, 4) is 17.2 Å². The Kier molecular flexibility index (Phi) is 5.87. The normalized spacial score (nSPS) is 11.5. The second-order valence-corrected chi connectivity index (χ2v) is 5.54. The Labute approximate surface area is 143 Å². The van der Waals surface area contributed by atoms with Crippen molar-refractivity contribution in [2.75, 3.05) is 21.3 Å². The van der Waals surface area contributed by atoms with Crippen molar-refractivity contribution < 1.29 is 23.7 Å². The summed E-state index contributed by atoms with van der Waals surface area (Å²) >= 11 is 3.36. The Balaban J connectivity index is 2.34. The van der Waals surface area contributed by atoms with Gasteiger partial charge in [-0.1, -0.05) is 28.1 Å². The molecule has 2 aromatic rings. The van der Waals surface area contributed by atoms with Crippen molar-refractivity contribution in [2.24, 2.45) is 0 Å². The fourth-order valence-corrected chi connectivity index (χ4v) is 2.25. The van der Waals surface area contributed by atoms with Crippen LogP contribution in [0.3, 0.4) is 0 Å². The minimum atomic E-state index is -0.884. The molecule has 0 saturated heterocycles. The molecule has 23 heavy (non-hydrogen) atoms. The first kappa shape index (κ1) is 17.1. The smallest absolute Gasteiger partial charge is 0.351 e. The highest BCUT2D eigenvalue weighted by molar-refractivity contribution is 9.10. The maximum Gasteiger partial charge on any atom is 0.351 e. The number of hydrogen-bond acceptors (Lipinski definition) is 5. The summed E-state index contributed by atoms with van der Waals surface area (Å²) < 4.78 is 22.0. The van der Waals surface area contributed by atoms with E-state index in [0.717, 1.165) is 4.47 Å². The van der Waals surface area contributed by atoms with Gasteiger partial charge in [0.1, 0.15) is 17.2 Å². The van der Waals surface area contributed by atoms with Crippen molar-refractivity contribution >= 4 is 21.9 Å². The van der Waals surface area contributed by atoms with Gasteiger partial charge in [0, 0.05) is 28.2 Å². The van der Waals surface area contributed by atoms with Gasteiger partial charge in [0.05, 0.1) is 21.3 Å². The summed E-state index contributed by atoms with van der Waals surface area (Å²) in [6, 6.07) is 12.3. The Morgan fingerprint density at radius 2 is 1.43 bits per heavy atom. The molecular formula is C17H17BrO5. The lowest BCUT2D eigenvalue weighted by Gasteiger charge is -2.18. The van der Waals surface area contributed by atoms with Crippen LogP contribution >= 0.6 is 15.9 Å². The third kappa shape index (κ3) is 4.39. The van der Waals surface area contributed by atoms with Crippen LogP contribution in [0.25, 0.3) is 0 Å². The fourth-order valence-electron chi connectivity index (χ4n) is 1.98. The Morgan fingerprint density at radius 1 is 0.913 bits per heavy atom. The minimum Gasteiger partial charge on any atom is -0.496 e. The predicted molar refractivity (Wildman–Crippen MR) is 89.1 cm³/mol. The standard InChI is InChI=1S/C17H17BrO5/c1-20-13-8-14(21-2)10-15(9-13)23-16(17(19)22-3)11-4-6-12(18)7-5-11/h4-10,16H,1-3H3. The van der Waals surface area contributed by atoms with E-state index in [1.807, 2.05) is 12.1 Å². The average molecular weight is 381 g/mol. The number of halogens is 1. The molecule has 0 aliphatic heterocycles. The fraction of sp³-hybridized carbons (Fsp3) is 0.235. The van der Waals surface area contributed by atoms with E-state index in [4.69, 9.17) is 18.9 Å². The van der Waals surface area contributed by atoms with Crippen LogP contribution in [0.2, 0.25) is 0 Å². The molecular weight excluding hydrogens is 364 g/mol. The number of carbonyl (C=O) groups is 1. The number of benzene rings is 2. The Hall–Kier alpha value is -2.21. The van der Waals surface area contributed by atoms with Crippen LogP contribution in [0.1, 0.15) is 11.7 Å². The Morgan fingerprint density at radius 3 is 1.91 bits per heavy atom. The summed E-state index contributed by atoms with van der Waals surface area (Å²) in [7, 11) is 4.42. The van der Waals surface area contributed by atoms with Gasteiger partial charge in [0.15, 0.2) is 0 Å². The third-order valence-electron chi connectivity index (χ3n) is 3.17. The summed E-state index contributed by atoms with van der Waals surface area (Å²) in [5, 5.41) is 0. The number of ether oxygens (including phenoxy) is 4. The van der Waals surface area contributed by atoms with Crippen LogP contribution in [0, 0.1) is 0 Å². The molecule has 0 radical (unpaired) electrons. The van der Waals surface area contributed by atoms with E-state index in [2.05, 4.69) is 15.9 Å². The number of carbonyl (C=O) groups excluding carboxylic acids is 1. The molecule has 0 bridgehead atoms. The van der Waals surface area contributed by atoms with Gasteiger partial charge in [-0.3, -0.25) is 0 Å². The van der Waals surface area contributed by atoms with E-state index in [0.29, 0.717) is 22.8 Å². The summed E-state index contributed by atoms with van der Waals surface area (Å²) in [5.41, 5.74) is 0.682. The highest BCUT2D eigenvalue weighted by Crippen LogP contribution is 2.31. The summed E-state index contributed by atoms with van der Waals surface area (Å²) in [4.78, 5) is 12.1. The zero-order valence-corrected chi connectivity index (χ0v) is 14.6. The first-order valence-electron chi connectivity index (χ1n) is 6.80. The highest BCUT2D eigenvalue weighted by Gasteiger charge is 2.24. The second-order valence-electron chi connectivity index (χ2n) is 4.62. The van der Waals surface area contributed by atoms with Gasteiger partial charge in [0.2, 0.25) is 6.10 Å². The minimum absolute atomic E-state index is 0.444. The third-order valence-corrected chi connectivity index (χ3v) is 3.70. The largest absolute Gasteiger partial charge is 0.496 e. The van der Waals surface area contributed by atoms with Crippen molar-refractivity contribution in [1.29, 1.82) is 0 Å². The molecule has 2 aromatic carbocycles. The molecule has 0 fully saturated rings. The van der Waals surface area contributed by atoms with E-state index in [1.54, 1.807) is 44.6 Å². The molecule has 1 unspecified atom stereocenters. The van der Waals surface area contributed by atoms with Gasteiger partial charge in [-0.25, -0.2) is 4.79 Å². The van der Waals surface area contributed by atoms with Crippen molar-refractivity contribution in [1.82, 2.24) is 0 Å². The van der Waals surface area contributed by atoms with E-state index in [-0.39, 0.29) is 0 Å². The molecule has 0 spiro atoms. The second kappa shape index (κ2) is 7.87. The molecule has 0 aliphatic rings. The zero-order chi connectivity index (χ0) is 16.8. The summed E-state index contributed by atoms with van der Waals surface area (Å²) in [5.74, 6) is 1.09. The molecule has 0 heterocycles. The number of hydrogen-bond donors (Lipinski definition) is 0. The molecule has 0 saturated carbocycles. The van der Waals surface area contributed by atoms with Crippen LogP contribution in [-0.2, 0) is 9.53 Å². The van der Waals surface area contributed by atoms with E-state index in [9.17, 15) is 4.79 Å². The van der Waals surface area contributed by atoms with Crippen LogP contribution < -0.4 is 14.2 Å². The average Bonchev–Trinajstić information content (AvgIpc) is 2.59. The molecule has 1 atom stereocenters. The molecule has 2 rings (SSSR count). The number of esters is 1. The maximum absolute atomic E-state index is 12.1. The van der Waals surface area contributed by atoms with Crippen LogP contribution in [0.15, 0.2) is 46.9 Å². The van der Waals surface area contributed by atoms with Gasteiger partial charge in [-0.2, -0.15) is 0 Å². The lowest BCUT2D eigenvalue weighted by atomic mass is 10.1. The SMILES string of the molecule is COC(=O)C(Oc1cc(OC)cc(OC)c1)c1ccc(Br)cc1. The van der Waals surface area contributed by atoms with Crippen LogP contribution in [-0.4, -0.2) is 27.3 Å². The van der Waals surface area contributed by atoms with Gasteiger partial charge in [0.25, 0.3) is 0 Å². The van der Waals surface area contributed by atoms with Gasteiger partial charge in [-0.15, -0.1) is 0 Å². The van der Waals surface area contributed by atoms with E-state index in [1.165, 1.54) is 7.11 Å². The monoisotopic (exact) mass is 380 g/mol. The van der Waals surface area contributed by atoms with Gasteiger partial charge >= 0.3 is 5.97 Å². The topological polar surface area (TPSA) is 54.0 Å². The van der Waals surface area contributed by atoms with Gasteiger partial charge < -0.3 is 18.9 Å². The lowest BCUT2D eigenvalue weighted by Crippen LogP contribution is -2.20. The number of rotatable bonds is 6. The van der Waals surface area contributed by atoms with E-state index < -0.39 is 12.1 Å². The van der Waals surface area contributed by atoms with Crippen molar-refractivity contribution in [2.45, 2.75) is 6.10 Å². The van der Waals surface area contributed by atoms with Crippen LogP contribution in [0.4, 0.5) is 0 Å². The predicted octanol–water partition coefficient (Wildman–Crippen LogP) is 3.76. The summed E-state index contributed by atoms with van der Waals surface area (Å²) in [6.07, 6.45) is -0.884. The maximum atomic E-state index is 12.1. The number of methoxy groups -OCH3 is 3. The van der Waals surface area contributed by atoms with Gasteiger partial charge in [-0.05, 0) is 12.1 Å². The van der Waals surface area contributed by atoms with E-state index >= 15 is 0 Å². The molecule has 0 aromatic heterocycles. The quantitative estimate of drug-likeness (QED) is 0.714.